The van der Waals surface area contributed by atoms with Crippen LogP contribution in [0.3, 0.4) is 0 Å². The topological polar surface area (TPSA) is 68.0 Å². The zero-order valence-electron chi connectivity index (χ0n) is 9.63. The summed E-state index contributed by atoms with van der Waals surface area (Å²) in [4.78, 5) is 10.9. The summed E-state index contributed by atoms with van der Waals surface area (Å²) in [5.74, 6) is 0.386. The Morgan fingerprint density at radius 1 is 1.50 bits per heavy atom. The van der Waals surface area contributed by atoms with E-state index in [0.717, 1.165) is 24.8 Å². The summed E-state index contributed by atoms with van der Waals surface area (Å²) in [6, 6.07) is -0.142. The number of hydrogen-bond donors (Lipinski definition) is 1. The van der Waals surface area contributed by atoms with Gasteiger partial charge in [-0.15, -0.1) is 5.10 Å². The van der Waals surface area contributed by atoms with E-state index in [2.05, 4.69) is 10.3 Å². The predicted molar refractivity (Wildman–Crippen MR) is 58.4 cm³/mol. The molecule has 0 aliphatic heterocycles. The van der Waals surface area contributed by atoms with Gasteiger partial charge in [0, 0.05) is 5.92 Å². The van der Waals surface area contributed by atoms with Crippen molar-refractivity contribution in [2.45, 2.75) is 51.2 Å². The number of aliphatic hydroxyl groups is 1. The van der Waals surface area contributed by atoms with Crippen molar-refractivity contribution in [3.63, 3.8) is 0 Å². The van der Waals surface area contributed by atoms with Gasteiger partial charge in [-0.25, -0.2) is 4.68 Å². The molecule has 2 atom stereocenters. The molecule has 1 fully saturated rings. The third-order valence-electron chi connectivity index (χ3n) is 3.45. The van der Waals surface area contributed by atoms with Crippen molar-refractivity contribution in [1.29, 1.82) is 0 Å². The standard InChI is InChI=1S/C11H17N3O2/c1-7(8(2)16)14-11(9-4-3-5-9)10(6-15)12-13-14/h6-9,16H,3-5H2,1-2H3. The molecule has 5 heteroatoms. The number of hydrogen-bond acceptors (Lipinski definition) is 4. The molecule has 88 valence electrons. The molecule has 1 N–H and O–H groups in total. The van der Waals surface area contributed by atoms with E-state index in [1.807, 2.05) is 6.92 Å². The van der Waals surface area contributed by atoms with Crippen molar-refractivity contribution < 1.29 is 9.90 Å². The minimum Gasteiger partial charge on any atom is -0.391 e. The predicted octanol–water partition coefficient (Wildman–Crippen LogP) is 1.30. The Morgan fingerprint density at radius 2 is 2.19 bits per heavy atom. The summed E-state index contributed by atoms with van der Waals surface area (Å²) in [6.07, 6.45) is 3.62. The van der Waals surface area contributed by atoms with Gasteiger partial charge < -0.3 is 5.11 Å². The Labute approximate surface area is 94.5 Å². The fraction of sp³-hybridized carbons (Fsp3) is 0.727. The third kappa shape index (κ3) is 1.75. The molecular formula is C11H17N3O2. The van der Waals surface area contributed by atoms with Gasteiger partial charge in [0.05, 0.1) is 17.8 Å². The molecule has 1 aromatic rings. The van der Waals surface area contributed by atoms with Gasteiger partial charge in [-0.05, 0) is 26.7 Å². The summed E-state index contributed by atoms with van der Waals surface area (Å²) in [5.41, 5.74) is 1.33. The van der Waals surface area contributed by atoms with Gasteiger partial charge >= 0.3 is 0 Å². The van der Waals surface area contributed by atoms with Gasteiger partial charge in [0.25, 0.3) is 0 Å². The average molecular weight is 223 g/mol. The monoisotopic (exact) mass is 223 g/mol. The average Bonchev–Trinajstić information content (AvgIpc) is 2.57. The molecule has 0 saturated heterocycles. The second-order valence-electron chi connectivity index (χ2n) is 4.53. The van der Waals surface area contributed by atoms with Gasteiger partial charge in [-0.3, -0.25) is 4.79 Å². The molecule has 5 nitrogen and oxygen atoms in total. The van der Waals surface area contributed by atoms with Crippen molar-refractivity contribution in [3.8, 4) is 0 Å². The summed E-state index contributed by atoms with van der Waals surface area (Å²) in [6.45, 7) is 3.60. The zero-order chi connectivity index (χ0) is 11.7. The number of aromatic nitrogens is 3. The molecule has 0 spiro atoms. The summed E-state index contributed by atoms with van der Waals surface area (Å²) in [5, 5.41) is 17.4. The summed E-state index contributed by atoms with van der Waals surface area (Å²) in [7, 11) is 0. The highest BCUT2D eigenvalue weighted by Gasteiger charge is 2.29. The molecule has 2 rings (SSSR count). The third-order valence-corrected chi connectivity index (χ3v) is 3.45. The first-order valence-corrected chi connectivity index (χ1v) is 5.73. The van der Waals surface area contributed by atoms with Crippen molar-refractivity contribution in [3.05, 3.63) is 11.4 Å². The highest BCUT2D eigenvalue weighted by molar-refractivity contribution is 5.73. The lowest BCUT2D eigenvalue weighted by atomic mass is 9.82. The van der Waals surface area contributed by atoms with E-state index in [0.29, 0.717) is 11.6 Å². The second-order valence-corrected chi connectivity index (χ2v) is 4.53. The molecule has 0 radical (unpaired) electrons. The minimum absolute atomic E-state index is 0.142. The van der Waals surface area contributed by atoms with E-state index in [1.54, 1.807) is 11.6 Å². The summed E-state index contributed by atoms with van der Waals surface area (Å²) >= 11 is 0. The molecule has 16 heavy (non-hydrogen) atoms. The van der Waals surface area contributed by atoms with Crippen LogP contribution in [0, 0.1) is 0 Å². The SMILES string of the molecule is CC(O)C(C)n1nnc(C=O)c1C1CCC1. The Morgan fingerprint density at radius 3 is 2.62 bits per heavy atom. The number of carbonyl (C=O) groups is 1. The van der Waals surface area contributed by atoms with Gasteiger partial charge in [0.1, 0.15) is 5.69 Å². The van der Waals surface area contributed by atoms with Crippen LogP contribution in [0.4, 0.5) is 0 Å². The second kappa shape index (κ2) is 4.33. The van der Waals surface area contributed by atoms with Crippen LogP contribution in [0.5, 0.6) is 0 Å². The van der Waals surface area contributed by atoms with E-state index in [4.69, 9.17) is 0 Å². The maximum absolute atomic E-state index is 10.9. The Balaban J connectivity index is 2.36. The molecule has 0 bridgehead atoms. The highest BCUT2D eigenvalue weighted by atomic mass is 16.3. The van der Waals surface area contributed by atoms with Crippen molar-refractivity contribution in [1.82, 2.24) is 15.0 Å². The van der Waals surface area contributed by atoms with Crippen molar-refractivity contribution in [2.24, 2.45) is 0 Å². The van der Waals surface area contributed by atoms with E-state index in [1.165, 1.54) is 6.42 Å². The molecule has 1 saturated carbocycles. The van der Waals surface area contributed by atoms with E-state index in [-0.39, 0.29) is 6.04 Å². The molecule has 1 aliphatic rings. The van der Waals surface area contributed by atoms with Crippen LogP contribution in [0.1, 0.15) is 61.3 Å². The molecule has 1 aromatic heterocycles. The van der Waals surface area contributed by atoms with Crippen LogP contribution in [0.2, 0.25) is 0 Å². The fourth-order valence-electron chi connectivity index (χ4n) is 1.98. The largest absolute Gasteiger partial charge is 0.391 e. The number of rotatable bonds is 4. The van der Waals surface area contributed by atoms with Crippen LogP contribution in [-0.4, -0.2) is 32.5 Å². The van der Waals surface area contributed by atoms with Gasteiger partial charge in [-0.1, -0.05) is 11.6 Å². The Bertz CT molecular complexity index is 383. The van der Waals surface area contributed by atoms with E-state index >= 15 is 0 Å². The van der Waals surface area contributed by atoms with Crippen LogP contribution < -0.4 is 0 Å². The maximum atomic E-state index is 10.9. The molecule has 0 aromatic carbocycles. The van der Waals surface area contributed by atoms with Gasteiger partial charge in [-0.2, -0.15) is 0 Å². The fourth-order valence-corrected chi connectivity index (χ4v) is 1.98. The lowest BCUT2D eigenvalue weighted by Crippen LogP contribution is -2.24. The normalized spacial score (nSPS) is 20.2. The summed E-state index contributed by atoms with van der Waals surface area (Å²) < 4.78 is 1.71. The van der Waals surface area contributed by atoms with Gasteiger partial charge in [0.2, 0.25) is 0 Å². The van der Waals surface area contributed by atoms with Crippen molar-refractivity contribution in [2.75, 3.05) is 0 Å². The van der Waals surface area contributed by atoms with E-state index in [9.17, 15) is 9.90 Å². The first kappa shape index (κ1) is 11.3. The lowest BCUT2D eigenvalue weighted by Gasteiger charge is -2.28. The lowest BCUT2D eigenvalue weighted by molar-refractivity contribution is 0.111. The zero-order valence-corrected chi connectivity index (χ0v) is 9.63. The molecule has 1 aliphatic carbocycles. The number of nitrogens with zero attached hydrogens (tertiary/aromatic N) is 3. The first-order valence-electron chi connectivity index (χ1n) is 5.73. The van der Waals surface area contributed by atoms with Gasteiger partial charge in [0.15, 0.2) is 6.29 Å². The van der Waals surface area contributed by atoms with Crippen LogP contribution in [-0.2, 0) is 0 Å². The number of aldehydes is 1. The molecular weight excluding hydrogens is 206 g/mol. The first-order chi connectivity index (χ1) is 7.65. The molecule has 0 amide bonds. The van der Waals surface area contributed by atoms with Crippen LogP contribution in [0.15, 0.2) is 0 Å². The Kier molecular flexibility index (Phi) is 3.05. The minimum atomic E-state index is -0.500. The van der Waals surface area contributed by atoms with Crippen LogP contribution >= 0.6 is 0 Å². The Hall–Kier alpha value is -1.23. The number of aliphatic hydroxyl groups excluding tert-OH is 1. The van der Waals surface area contributed by atoms with Crippen LogP contribution in [0.25, 0.3) is 0 Å². The quantitative estimate of drug-likeness (QED) is 0.781. The maximum Gasteiger partial charge on any atom is 0.172 e. The molecule has 1 heterocycles. The van der Waals surface area contributed by atoms with E-state index < -0.39 is 6.10 Å². The number of carbonyl (C=O) groups excluding carboxylic acids is 1. The molecule has 2 unspecified atom stereocenters. The van der Waals surface area contributed by atoms with Crippen molar-refractivity contribution >= 4 is 6.29 Å². The smallest absolute Gasteiger partial charge is 0.172 e. The highest BCUT2D eigenvalue weighted by Crippen LogP contribution is 2.38.